The van der Waals surface area contributed by atoms with Crippen molar-refractivity contribution < 1.29 is 28.6 Å². The minimum absolute atomic E-state index is 0.151. The standard InChI is InChI=1S/C33H39N7O4S.CH2O2/c1-21(19-43-5)36-16-22-8-9-26-25(13-22)37-32(38-30(41)29-11-10-28(45-29)27-17-35-20-44-27)40(26)18-24-7-6-12-39(24)31(42)23(15-34)14-33(2,3)4;2-1-3/h8-11,13-14,17,20-21,24,36H,6-7,12,16,18-19H2,1-5H3,(H,37,38,41);1H,(H,2,3). The molecule has 0 aliphatic carbocycles. The van der Waals surface area contributed by atoms with Crippen molar-refractivity contribution in [1.82, 2.24) is 24.8 Å². The molecule has 2 unspecified atom stereocenters. The number of fused-ring (bicyclic) bond motifs is 1. The molecule has 3 aromatic heterocycles. The quantitative estimate of drug-likeness (QED) is 0.107. The van der Waals surface area contributed by atoms with Crippen molar-refractivity contribution in [3.05, 3.63) is 65.0 Å². The molecule has 3 N–H and O–H groups in total. The summed E-state index contributed by atoms with van der Waals surface area (Å²) < 4.78 is 12.6. The van der Waals surface area contributed by atoms with Crippen molar-refractivity contribution in [3.8, 4) is 16.7 Å². The number of nitrogens with zero attached hydrogens (tertiary/aromatic N) is 5. The number of imidazole rings is 1. The number of aromatic nitrogens is 3. The monoisotopic (exact) mass is 675 g/mol. The summed E-state index contributed by atoms with van der Waals surface area (Å²) in [7, 11) is 1.68. The minimum atomic E-state index is -0.309. The van der Waals surface area contributed by atoms with Crippen LogP contribution in [0.5, 0.6) is 0 Å². The van der Waals surface area contributed by atoms with Gasteiger partial charge in [-0.25, -0.2) is 9.97 Å². The van der Waals surface area contributed by atoms with Gasteiger partial charge in [-0.2, -0.15) is 5.26 Å². The number of thiophene rings is 1. The fourth-order valence-electron chi connectivity index (χ4n) is 5.49. The Morgan fingerprint density at radius 3 is 2.73 bits per heavy atom. The number of ether oxygens (including phenoxy) is 1. The van der Waals surface area contributed by atoms with E-state index in [4.69, 9.17) is 24.0 Å². The lowest BCUT2D eigenvalue weighted by Gasteiger charge is -2.26. The lowest BCUT2D eigenvalue weighted by Crippen LogP contribution is -2.39. The van der Waals surface area contributed by atoms with Crippen LogP contribution in [0.15, 0.2) is 59.0 Å². The van der Waals surface area contributed by atoms with Crippen molar-refractivity contribution in [2.24, 2.45) is 5.41 Å². The number of nitriles is 1. The molecule has 4 heterocycles. The molecular formula is C34H41N7O6S. The topological polar surface area (TPSA) is 176 Å². The van der Waals surface area contributed by atoms with E-state index in [1.165, 1.54) is 17.7 Å². The number of benzene rings is 1. The molecule has 1 aliphatic heterocycles. The molecule has 14 heteroatoms. The number of rotatable bonds is 11. The molecule has 0 saturated carbocycles. The van der Waals surface area contributed by atoms with Crippen LogP contribution in [0.25, 0.3) is 21.7 Å². The van der Waals surface area contributed by atoms with Gasteiger partial charge in [0, 0.05) is 32.8 Å². The molecule has 1 aliphatic rings. The number of carboxylic acid groups (broad SMARTS) is 1. The van der Waals surface area contributed by atoms with Crippen molar-refractivity contribution >= 4 is 46.6 Å². The first-order chi connectivity index (χ1) is 23.0. The van der Waals surface area contributed by atoms with E-state index >= 15 is 0 Å². The van der Waals surface area contributed by atoms with Gasteiger partial charge in [-0.05, 0) is 55.0 Å². The van der Waals surface area contributed by atoms with Gasteiger partial charge in [0.2, 0.25) is 5.95 Å². The number of methoxy groups -OCH3 is 1. The fraction of sp³-hybridized carbons (Fsp3) is 0.412. The fourth-order valence-corrected chi connectivity index (χ4v) is 6.35. The lowest BCUT2D eigenvalue weighted by molar-refractivity contribution is -0.127. The number of anilines is 1. The first-order valence-electron chi connectivity index (χ1n) is 15.5. The minimum Gasteiger partial charge on any atom is -0.483 e. The predicted octanol–water partition coefficient (Wildman–Crippen LogP) is 5.32. The van der Waals surface area contributed by atoms with E-state index in [1.54, 1.807) is 30.3 Å². The average molecular weight is 676 g/mol. The summed E-state index contributed by atoms with van der Waals surface area (Å²) in [6.45, 7) is 9.94. The zero-order valence-corrected chi connectivity index (χ0v) is 28.5. The van der Waals surface area contributed by atoms with E-state index in [-0.39, 0.29) is 41.4 Å². The Bertz CT molecular complexity index is 1780. The summed E-state index contributed by atoms with van der Waals surface area (Å²) >= 11 is 1.30. The Morgan fingerprint density at radius 1 is 1.29 bits per heavy atom. The van der Waals surface area contributed by atoms with E-state index < -0.39 is 0 Å². The highest BCUT2D eigenvalue weighted by atomic mass is 32.1. The van der Waals surface area contributed by atoms with Gasteiger partial charge in [-0.15, -0.1) is 11.3 Å². The molecular weight excluding hydrogens is 634 g/mol. The van der Waals surface area contributed by atoms with Crippen molar-refractivity contribution in [2.45, 2.75) is 65.7 Å². The average Bonchev–Trinajstić information content (AvgIpc) is 3.86. The highest BCUT2D eigenvalue weighted by Gasteiger charge is 2.32. The summed E-state index contributed by atoms with van der Waals surface area (Å²) in [5.74, 6) is 0.432. The van der Waals surface area contributed by atoms with Gasteiger partial charge in [0.15, 0.2) is 12.2 Å². The summed E-state index contributed by atoms with van der Waals surface area (Å²) in [6.07, 6.45) is 6.30. The molecule has 5 rings (SSSR count). The van der Waals surface area contributed by atoms with Crippen molar-refractivity contribution in [1.29, 1.82) is 5.26 Å². The largest absolute Gasteiger partial charge is 0.483 e. The number of likely N-dealkylation sites (tertiary alicyclic amines) is 1. The Balaban J connectivity index is 0.00000167. The number of carbonyl (C=O) groups is 3. The first kappa shape index (κ1) is 36.0. The Kier molecular flexibility index (Phi) is 12.2. The zero-order chi connectivity index (χ0) is 34.8. The van der Waals surface area contributed by atoms with Gasteiger partial charge in [0.05, 0.1) is 39.6 Å². The van der Waals surface area contributed by atoms with E-state index in [9.17, 15) is 14.9 Å². The molecule has 254 valence electrons. The van der Waals surface area contributed by atoms with E-state index in [0.29, 0.717) is 42.8 Å². The smallest absolute Gasteiger partial charge is 0.290 e. The van der Waals surface area contributed by atoms with Crippen LogP contribution in [0.4, 0.5) is 5.95 Å². The number of hydrogen-bond acceptors (Lipinski definition) is 10. The molecule has 2 atom stereocenters. The number of oxazole rings is 1. The van der Waals surface area contributed by atoms with Crippen LogP contribution >= 0.6 is 11.3 Å². The van der Waals surface area contributed by atoms with Crippen molar-refractivity contribution in [3.63, 3.8) is 0 Å². The van der Waals surface area contributed by atoms with Gasteiger partial charge in [0.25, 0.3) is 18.3 Å². The second kappa shape index (κ2) is 16.3. The van der Waals surface area contributed by atoms with Gasteiger partial charge < -0.3 is 29.0 Å². The summed E-state index contributed by atoms with van der Waals surface area (Å²) in [5, 5.41) is 23.2. The molecule has 1 saturated heterocycles. The molecule has 0 bridgehead atoms. The summed E-state index contributed by atoms with van der Waals surface area (Å²) in [6, 6.07) is 11.8. The second-order valence-corrected chi connectivity index (χ2v) is 13.6. The number of nitrogens with one attached hydrogen (secondary N) is 2. The Morgan fingerprint density at radius 2 is 2.06 bits per heavy atom. The first-order valence-corrected chi connectivity index (χ1v) is 16.3. The van der Waals surface area contributed by atoms with Crippen LogP contribution in [0.1, 0.15) is 55.8 Å². The second-order valence-electron chi connectivity index (χ2n) is 12.5. The summed E-state index contributed by atoms with van der Waals surface area (Å²) in [5.41, 5.74) is 2.47. The maximum Gasteiger partial charge on any atom is 0.290 e. The van der Waals surface area contributed by atoms with Gasteiger partial charge in [-0.3, -0.25) is 19.7 Å². The Hall–Kier alpha value is -4.84. The van der Waals surface area contributed by atoms with Crippen LogP contribution in [-0.2, 0) is 27.4 Å². The van der Waals surface area contributed by atoms with Crippen LogP contribution in [0.2, 0.25) is 0 Å². The van der Waals surface area contributed by atoms with E-state index in [2.05, 4.69) is 28.6 Å². The molecule has 1 aromatic carbocycles. The molecule has 13 nitrogen and oxygen atoms in total. The number of carbonyl (C=O) groups excluding carboxylic acids is 2. The lowest BCUT2D eigenvalue weighted by atomic mass is 9.93. The number of hydrogen-bond donors (Lipinski definition) is 3. The third-order valence-corrected chi connectivity index (χ3v) is 8.67. The maximum absolute atomic E-state index is 13.5. The van der Waals surface area contributed by atoms with Crippen LogP contribution < -0.4 is 10.6 Å². The third kappa shape index (κ3) is 9.15. The summed E-state index contributed by atoms with van der Waals surface area (Å²) in [4.78, 5) is 47.3. The van der Waals surface area contributed by atoms with Gasteiger partial charge >= 0.3 is 0 Å². The molecule has 2 amide bonds. The molecule has 0 radical (unpaired) electrons. The number of allylic oxidation sites excluding steroid dienone is 1. The van der Waals surface area contributed by atoms with Crippen molar-refractivity contribution in [2.75, 3.05) is 25.6 Å². The Labute approximate surface area is 283 Å². The molecule has 0 spiro atoms. The molecule has 48 heavy (non-hydrogen) atoms. The van der Waals surface area contributed by atoms with Crippen LogP contribution in [0, 0.1) is 16.7 Å². The van der Waals surface area contributed by atoms with Gasteiger partial charge in [0.1, 0.15) is 11.6 Å². The zero-order valence-electron chi connectivity index (χ0n) is 27.7. The van der Waals surface area contributed by atoms with Crippen LogP contribution in [0.3, 0.4) is 0 Å². The molecule has 4 aromatic rings. The highest BCUT2D eigenvalue weighted by Crippen LogP contribution is 2.30. The van der Waals surface area contributed by atoms with Crippen LogP contribution in [-0.4, -0.2) is 75.2 Å². The molecule has 1 fully saturated rings. The normalized spacial score (nSPS) is 15.5. The van der Waals surface area contributed by atoms with E-state index in [1.807, 2.05) is 49.6 Å². The highest BCUT2D eigenvalue weighted by molar-refractivity contribution is 7.17. The third-order valence-electron chi connectivity index (χ3n) is 7.57. The predicted molar refractivity (Wildman–Crippen MR) is 182 cm³/mol. The van der Waals surface area contributed by atoms with E-state index in [0.717, 1.165) is 34.3 Å². The SMILES string of the molecule is COCC(C)NCc1ccc2c(c1)nc(NC(=O)c1ccc(-c3cnco3)s1)n2CC1CCCN1C(=O)C(C#N)=CC(C)(C)C.O=CO. The number of amides is 2. The maximum atomic E-state index is 13.5. The van der Waals surface area contributed by atoms with Gasteiger partial charge in [-0.1, -0.05) is 32.9 Å².